The quantitative estimate of drug-likeness (QED) is 0.449. The Labute approximate surface area is 179 Å². The second-order valence-electron chi connectivity index (χ2n) is 6.89. The lowest BCUT2D eigenvalue weighted by Gasteiger charge is -2.15. The van der Waals surface area contributed by atoms with Crippen molar-refractivity contribution >= 4 is 29.3 Å². The van der Waals surface area contributed by atoms with Crippen molar-refractivity contribution in [3.63, 3.8) is 0 Å². The molecule has 1 amide bonds. The number of nitrogens with zero attached hydrogens (tertiary/aromatic N) is 2. The van der Waals surface area contributed by atoms with E-state index in [-0.39, 0.29) is 13.0 Å². The number of amides is 1. The first kappa shape index (κ1) is 21.8. The van der Waals surface area contributed by atoms with Crippen LogP contribution in [0.2, 0.25) is 0 Å². The molecule has 2 heterocycles. The molecule has 2 aromatic heterocycles. The molecule has 1 atom stereocenters. The number of fused-ring (bicyclic) bond motifs is 1. The monoisotopic (exact) mass is 424 g/mol. The number of carbonyl (C=O) groups excluding carboxylic acids is 2. The maximum Gasteiger partial charge on any atom is 0.326 e. The summed E-state index contributed by atoms with van der Waals surface area (Å²) in [5.41, 5.74) is 2.34. The van der Waals surface area contributed by atoms with E-state index in [0.29, 0.717) is 23.4 Å². The maximum absolute atomic E-state index is 12.7. The summed E-state index contributed by atoms with van der Waals surface area (Å²) < 4.78 is 6.38. The van der Waals surface area contributed by atoms with E-state index in [0.717, 1.165) is 11.3 Å². The summed E-state index contributed by atoms with van der Waals surface area (Å²) >= 11 is 0. The standard InChI is InChI=1S/C22H24N4O5/c1-3-16-20(23-13-19(27)31-2)26-10-9-15(12-18(26)24-16)21(28)25-17(22(29)30)11-14-7-5-4-6-8-14/h4-10,12,17,23H,3,11,13H2,1-2H3,(H,25,28)(H,29,30). The van der Waals surface area contributed by atoms with Crippen LogP contribution in [0.4, 0.5) is 5.82 Å². The fourth-order valence-electron chi connectivity index (χ4n) is 3.19. The number of pyridine rings is 1. The van der Waals surface area contributed by atoms with Gasteiger partial charge in [0.1, 0.15) is 24.1 Å². The molecule has 1 aromatic carbocycles. The molecule has 0 bridgehead atoms. The fourth-order valence-corrected chi connectivity index (χ4v) is 3.19. The molecule has 0 saturated heterocycles. The van der Waals surface area contributed by atoms with Crippen molar-refractivity contribution in [2.24, 2.45) is 0 Å². The summed E-state index contributed by atoms with van der Waals surface area (Å²) in [6.45, 7) is 1.92. The molecule has 162 valence electrons. The Hall–Kier alpha value is -3.88. The van der Waals surface area contributed by atoms with Crippen LogP contribution in [0.1, 0.15) is 28.5 Å². The van der Waals surface area contributed by atoms with Crippen molar-refractivity contribution in [3.8, 4) is 0 Å². The van der Waals surface area contributed by atoms with E-state index >= 15 is 0 Å². The largest absolute Gasteiger partial charge is 0.480 e. The number of nitrogens with one attached hydrogen (secondary N) is 2. The van der Waals surface area contributed by atoms with Gasteiger partial charge in [-0.25, -0.2) is 9.78 Å². The molecular weight excluding hydrogens is 400 g/mol. The number of carbonyl (C=O) groups is 3. The summed E-state index contributed by atoms with van der Waals surface area (Å²) in [4.78, 5) is 40.3. The van der Waals surface area contributed by atoms with Crippen molar-refractivity contribution in [1.82, 2.24) is 14.7 Å². The van der Waals surface area contributed by atoms with Crippen LogP contribution in [0.15, 0.2) is 48.7 Å². The second kappa shape index (κ2) is 9.75. The summed E-state index contributed by atoms with van der Waals surface area (Å²) in [7, 11) is 1.31. The molecule has 9 nitrogen and oxygen atoms in total. The number of carboxylic acids is 1. The molecule has 0 fully saturated rings. The molecule has 0 aliphatic rings. The molecular formula is C22H24N4O5. The lowest BCUT2D eigenvalue weighted by Crippen LogP contribution is -2.42. The van der Waals surface area contributed by atoms with Gasteiger partial charge in [-0.1, -0.05) is 37.3 Å². The summed E-state index contributed by atoms with van der Waals surface area (Å²) in [5.74, 6) is -1.38. The minimum Gasteiger partial charge on any atom is -0.480 e. The second-order valence-corrected chi connectivity index (χ2v) is 6.89. The van der Waals surface area contributed by atoms with Gasteiger partial charge in [0.2, 0.25) is 0 Å². The van der Waals surface area contributed by atoms with Gasteiger partial charge in [-0.2, -0.15) is 0 Å². The molecule has 0 aliphatic heterocycles. The Balaban J connectivity index is 1.80. The highest BCUT2D eigenvalue weighted by molar-refractivity contribution is 5.97. The Morgan fingerprint density at radius 2 is 1.94 bits per heavy atom. The first-order valence-corrected chi connectivity index (χ1v) is 9.82. The van der Waals surface area contributed by atoms with E-state index in [2.05, 4.69) is 20.4 Å². The number of carboxylic acid groups (broad SMARTS) is 1. The maximum atomic E-state index is 12.7. The van der Waals surface area contributed by atoms with Crippen LogP contribution in [0.3, 0.4) is 0 Å². The third-order valence-corrected chi connectivity index (χ3v) is 4.81. The number of benzene rings is 1. The van der Waals surface area contributed by atoms with Gasteiger partial charge in [-0.15, -0.1) is 0 Å². The molecule has 1 unspecified atom stereocenters. The number of anilines is 1. The first-order valence-electron chi connectivity index (χ1n) is 9.82. The fraction of sp³-hybridized carbons (Fsp3) is 0.273. The average molecular weight is 424 g/mol. The number of hydrogen-bond donors (Lipinski definition) is 3. The van der Waals surface area contributed by atoms with Crippen LogP contribution in [0.25, 0.3) is 5.65 Å². The van der Waals surface area contributed by atoms with Gasteiger partial charge in [-0.05, 0) is 24.1 Å². The number of esters is 1. The van der Waals surface area contributed by atoms with Crippen molar-refractivity contribution < 1.29 is 24.2 Å². The number of methoxy groups -OCH3 is 1. The molecule has 0 radical (unpaired) electrons. The van der Waals surface area contributed by atoms with Gasteiger partial charge in [0.05, 0.1) is 12.8 Å². The van der Waals surface area contributed by atoms with Gasteiger partial charge in [0.15, 0.2) is 0 Å². The number of aryl methyl sites for hydroxylation is 1. The van der Waals surface area contributed by atoms with Crippen LogP contribution >= 0.6 is 0 Å². The zero-order valence-electron chi connectivity index (χ0n) is 17.3. The third-order valence-electron chi connectivity index (χ3n) is 4.81. The topological polar surface area (TPSA) is 122 Å². The van der Waals surface area contributed by atoms with E-state index in [1.807, 2.05) is 37.3 Å². The van der Waals surface area contributed by atoms with Gasteiger partial charge >= 0.3 is 11.9 Å². The Morgan fingerprint density at radius 1 is 1.19 bits per heavy atom. The Morgan fingerprint density at radius 3 is 2.58 bits per heavy atom. The van der Waals surface area contributed by atoms with Gasteiger partial charge in [0.25, 0.3) is 5.91 Å². The summed E-state index contributed by atoms with van der Waals surface area (Å²) in [6.07, 6.45) is 2.45. The van der Waals surface area contributed by atoms with Crippen molar-refractivity contribution in [3.05, 3.63) is 65.5 Å². The highest BCUT2D eigenvalue weighted by atomic mass is 16.5. The highest BCUT2D eigenvalue weighted by Gasteiger charge is 2.22. The number of hydrogen-bond acceptors (Lipinski definition) is 6. The van der Waals surface area contributed by atoms with Gasteiger partial charge in [0, 0.05) is 18.2 Å². The number of aromatic nitrogens is 2. The predicted molar refractivity (Wildman–Crippen MR) is 114 cm³/mol. The number of imidazole rings is 1. The number of ether oxygens (including phenoxy) is 1. The summed E-state index contributed by atoms with van der Waals surface area (Å²) in [5, 5.41) is 15.1. The third kappa shape index (κ3) is 5.19. The van der Waals surface area contributed by atoms with E-state index in [1.165, 1.54) is 7.11 Å². The van der Waals surface area contributed by atoms with Crippen LogP contribution in [-0.4, -0.2) is 52.0 Å². The lowest BCUT2D eigenvalue weighted by molar-refractivity contribution is -0.139. The van der Waals surface area contributed by atoms with E-state index in [4.69, 9.17) is 0 Å². The first-order chi connectivity index (χ1) is 14.9. The Bertz CT molecular complexity index is 1090. The normalized spacial score (nSPS) is 11.7. The number of aliphatic carboxylic acids is 1. The zero-order valence-corrected chi connectivity index (χ0v) is 17.3. The van der Waals surface area contributed by atoms with E-state index < -0.39 is 23.9 Å². The smallest absolute Gasteiger partial charge is 0.326 e. The van der Waals surface area contributed by atoms with E-state index in [9.17, 15) is 19.5 Å². The molecule has 3 aromatic rings. The van der Waals surface area contributed by atoms with Gasteiger partial charge in [-0.3, -0.25) is 14.0 Å². The average Bonchev–Trinajstić information content (AvgIpc) is 3.14. The predicted octanol–water partition coefficient (Wildman–Crippen LogP) is 1.91. The van der Waals surface area contributed by atoms with E-state index in [1.54, 1.807) is 22.7 Å². The molecule has 3 N–H and O–H groups in total. The minimum atomic E-state index is -1.11. The van der Waals surface area contributed by atoms with Crippen LogP contribution in [0.5, 0.6) is 0 Å². The van der Waals surface area contributed by atoms with Crippen LogP contribution in [-0.2, 0) is 27.2 Å². The SMILES string of the molecule is CCc1nc2cc(C(=O)NC(Cc3ccccc3)C(=O)O)ccn2c1NCC(=O)OC. The molecule has 3 rings (SSSR count). The lowest BCUT2D eigenvalue weighted by atomic mass is 10.1. The molecule has 31 heavy (non-hydrogen) atoms. The highest BCUT2D eigenvalue weighted by Crippen LogP contribution is 2.20. The van der Waals surface area contributed by atoms with Gasteiger partial charge < -0.3 is 20.5 Å². The number of rotatable bonds is 9. The molecule has 0 spiro atoms. The van der Waals surface area contributed by atoms with Crippen LogP contribution < -0.4 is 10.6 Å². The van der Waals surface area contributed by atoms with Crippen molar-refractivity contribution in [2.75, 3.05) is 19.0 Å². The molecule has 9 heteroatoms. The minimum absolute atomic E-state index is 0.0146. The summed E-state index contributed by atoms with van der Waals surface area (Å²) in [6, 6.07) is 11.2. The Kier molecular flexibility index (Phi) is 6.86. The van der Waals surface area contributed by atoms with Crippen molar-refractivity contribution in [1.29, 1.82) is 0 Å². The van der Waals surface area contributed by atoms with Crippen LogP contribution in [0, 0.1) is 0 Å². The molecule has 0 saturated carbocycles. The molecule has 0 aliphatic carbocycles. The zero-order chi connectivity index (χ0) is 22.4. The van der Waals surface area contributed by atoms with Crippen molar-refractivity contribution in [2.45, 2.75) is 25.8 Å².